The molecule has 5 nitrogen and oxygen atoms in total. The zero-order valence-corrected chi connectivity index (χ0v) is 14.0. The second-order valence-electron chi connectivity index (χ2n) is 6.20. The minimum atomic E-state index is -1.60. The quantitative estimate of drug-likeness (QED) is 0.377. The van der Waals surface area contributed by atoms with Crippen molar-refractivity contribution in [3.8, 4) is 0 Å². The van der Waals surface area contributed by atoms with Crippen molar-refractivity contribution in [2.24, 2.45) is 11.7 Å². The summed E-state index contributed by atoms with van der Waals surface area (Å²) in [6.07, 6.45) is 1.76. The molecule has 0 amide bonds. The predicted octanol–water partition coefficient (Wildman–Crippen LogP) is 2.31. The Hall–Kier alpha value is -1.72. The van der Waals surface area contributed by atoms with Gasteiger partial charge in [0.1, 0.15) is 5.92 Å². The number of esters is 1. The third-order valence-corrected chi connectivity index (χ3v) is 3.97. The zero-order valence-electron chi connectivity index (χ0n) is 14.0. The Morgan fingerprint density at radius 3 is 2.74 bits per heavy atom. The van der Waals surface area contributed by atoms with Crippen LogP contribution in [-0.4, -0.2) is 24.5 Å². The molecule has 2 N–H and O–H groups in total. The highest BCUT2D eigenvalue weighted by Gasteiger charge is 2.50. The molecule has 2 rings (SSSR count). The van der Waals surface area contributed by atoms with Crippen molar-refractivity contribution in [2.45, 2.75) is 51.9 Å². The van der Waals surface area contributed by atoms with E-state index in [0.717, 1.165) is 18.4 Å². The number of hydrogen-bond acceptors (Lipinski definition) is 5. The molecular formula is C18H25NO4. The molecule has 5 heteroatoms. The van der Waals surface area contributed by atoms with Gasteiger partial charge in [-0.15, -0.1) is 0 Å². The fourth-order valence-corrected chi connectivity index (χ4v) is 2.87. The molecule has 0 aliphatic heterocycles. The lowest BCUT2D eigenvalue weighted by Gasteiger charge is -2.38. The van der Waals surface area contributed by atoms with Gasteiger partial charge >= 0.3 is 5.97 Å². The van der Waals surface area contributed by atoms with Crippen LogP contribution in [0.2, 0.25) is 0 Å². The summed E-state index contributed by atoms with van der Waals surface area (Å²) >= 11 is 0. The Morgan fingerprint density at radius 2 is 2.09 bits per heavy atom. The van der Waals surface area contributed by atoms with Gasteiger partial charge in [-0.2, -0.15) is 0 Å². The molecule has 0 fully saturated rings. The number of benzene rings is 1. The third kappa shape index (κ3) is 3.62. The molecule has 0 radical (unpaired) electrons. The number of nitrogens with two attached hydrogens (primary N) is 1. The number of ketones is 1. The summed E-state index contributed by atoms with van der Waals surface area (Å²) in [5, 5.41) is 0. The molecule has 0 spiro atoms. The number of fused-ring (bicyclic) bond motifs is 1. The van der Waals surface area contributed by atoms with Gasteiger partial charge < -0.3 is 9.47 Å². The average Bonchev–Trinajstić information content (AvgIpc) is 2.50. The second kappa shape index (κ2) is 7.23. The van der Waals surface area contributed by atoms with Crippen LogP contribution in [0.25, 0.3) is 0 Å². The van der Waals surface area contributed by atoms with Crippen LogP contribution in [0.4, 0.5) is 0 Å². The third-order valence-electron chi connectivity index (χ3n) is 3.97. The van der Waals surface area contributed by atoms with Crippen LogP contribution < -0.4 is 5.73 Å². The number of rotatable bonds is 6. The van der Waals surface area contributed by atoms with Crippen molar-refractivity contribution < 1.29 is 19.1 Å². The minimum absolute atomic E-state index is 0.244. The fraction of sp³-hybridized carbons (Fsp3) is 0.556. The van der Waals surface area contributed by atoms with Crippen molar-refractivity contribution >= 4 is 11.8 Å². The van der Waals surface area contributed by atoms with E-state index < -0.39 is 23.4 Å². The normalized spacial score (nSPS) is 23.7. The van der Waals surface area contributed by atoms with Crippen molar-refractivity contribution in [1.82, 2.24) is 0 Å². The van der Waals surface area contributed by atoms with Gasteiger partial charge in [0.15, 0.2) is 5.78 Å². The maximum Gasteiger partial charge on any atom is 0.317 e. The molecule has 1 aliphatic rings. The molecule has 0 heterocycles. The average molecular weight is 319 g/mol. The lowest BCUT2D eigenvalue weighted by molar-refractivity contribution is -0.168. The molecule has 23 heavy (non-hydrogen) atoms. The van der Waals surface area contributed by atoms with Crippen LogP contribution in [0.15, 0.2) is 24.3 Å². The fourth-order valence-electron chi connectivity index (χ4n) is 2.87. The summed E-state index contributed by atoms with van der Waals surface area (Å²) in [6, 6.07) is 7.34. The van der Waals surface area contributed by atoms with Crippen molar-refractivity contribution in [3.05, 3.63) is 35.4 Å². The Labute approximate surface area is 137 Å². The first kappa shape index (κ1) is 17.6. The Balaban J connectivity index is 2.32. The van der Waals surface area contributed by atoms with E-state index in [1.807, 2.05) is 39.0 Å². The molecule has 126 valence electrons. The van der Waals surface area contributed by atoms with Gasteiger partial charge in [-0.1, -0.05) is 37.6 Å². The number of unbranched alkanes of at least 4 members (excludes halogenated alkanes) is 1. The highest BCUT2D eigenvalue weighted by atomic mass is 16.5. The van der Waals surface area contributed by atoms with Crippen LogP contribution >= 0.6 is 0 Å². The van der Waals surface area contributed by atoms with Crippen LogP contribution in [0, 0.1) is 5.92 Å². The smallest absolute Gasteiger partial charge is 0.317 e. The number of ether oxygens (including phenoxy) is 2. The first-order valence-electron chi connectivity index (χ1n) is 8.16. The molecule has 1 aromatic carbocycles. The van der Waals surface area contributed by atoms with Crippen molar-refractivity contribution in [1.29, 1.82) is 0 Å². The van der Waals surface area contributed by atoms with Gasteiger partial charge in [0.05, 0.1) is 12.7 Å². The molecule has 0 aromatic heterocycles. The Bertz CT molecular complexity index is 584. The zero-order chi connectivity index (χ0) is 17.0. The van der Waals surface area contributed by atoms with Gasteiger partial charge in [0, 0.05) is 5.56 Å². The van der Waals surface area contributed by atoms with Crippen LogP contribution in [0.1, 0.15) is 44.7 Å². The number of Topliss-reactive ketones (excluding diaryl/α,β-unsaturated/α-hetero) is 1. The molecule has 2 unspecified atom stereocenters. The van der Waals surface area contributed by atoms with E-state index in [-0.39, 0.29) is 6.10 Å². The van der Waals surface area contributed by atoms with Gasteiger partial charge in [-0.3, -0.25) is 15.3 Å². The summed E-state index contributed by atoms with van der Waals surface area (Å²) < 4.78 is 11.0. The highest BCUT2D eigenvalue weighted by Crippen LogP contribution is 2.36. The minimum Gasteiger partial charge on any atom is -0.465 e. The van der Waals surface area contributed by atoms with Crippen LogP contribution in [0.3, 0.4) is 0 Å². The summed E-state index contributed by atoms with van der Waals surface area (Å²) in [7, 11) is 0. The Kier molecular flexibility index (Phi) is 5.55. The maximum absolute atomic E-state index is 12.9. The Morgan fingerprint density at radius 1 is 1.39 bits per heavy atom. The first-order valence-corrected chi connectivity index (χ1v) is 8.16. The SMILES string of the molecule is CCCCOC(=O)C1Cc2ccccc2C(N)(OC(C)C)C1=O. The molecule has 1 aliphatic carbocycles. The van der Waals surface area contributed by atoms with Crippen molar-refractivity contribution in [2.75, 3.05) is 6.61 Å². The van der Waals surface area contributed by atoms with E-state index >= 15 is 0 Å². The summed E-state index contributed by atoms with van der Waals surface area (Å²) in [5.74, 6) is -1.85. The first-order chi connectivity index (χ1) is 10.9. The van der Waals surface area contributed by atoms with Crippen LogP contribution in [0.5, 0.6) is 0 Å². The number of hydrogen-bond donors (Lipinski definition) is 1. The summed E-state index contributed by atoms with van der Waals surface area (Å²) in [6.45, 7) is 5.96. The maximum atomic E-state index is 12.9. The lowest BCUT2D eigenvalue weighted by atomic mass is 9.77. The van der Waals surface area contributed by atoms with Gasteiger partial charge in [0.2, 0.25) is 5.72 Å². The lowest BCUT2D eigenvalue weighted by Crippen LogP contribution is -2.56. The van der Waals surface area contributed by atoms with Gasteiger partial charge in [0.25, 0.3) is 0 Å². The summed E-state index contributed by atoms with van der Waals surface area (Å²) in [5.41, 5.74) is 6.21. The van der Waals surface area contributed by atoms with E-state index in [0.29, 0.717) is 18.6 Å². The molecular weight excluding hydrogens is 294 g/mol. The topological polar surface area (TPSA) is 78.6 Å². The largest absolute Gasteiger partial charge is 0.465 e. The second-order valence-corrected chi connectivity index (χ2v) is 6.20. The molecule has 2 atom stereocenters. The van der Waals surface area contributed by atoms with E-state index in [1.165, 1.54) is 0 Å². The van der Waals surface area contributed by atoms with E-state index in [4.69, 9.17) is 15.2 Å². The predicted molar refractivity (Wildman–Crippen MR) is 86.6 cm³/mol. The molecule has 0 saturated carbocycles. The van der Waals surface area contributed by atoms with E-state index in [2.05, 4.69) is 0 Å². The van der Waals surface area contributed by atoms with Crippen molar-refractivity contribution in [3.63, 3.8) is 0 Å². The highest BCUT2D eigenvalue weighted by molar-refractivity contribution is 6.05. The molecule has 0 bridgehead atoms. The monoisotopic (exact) mass is 319 g/mol. The molecule has 0 saturated heterocycles. The summed E-state index contributed by atoms with van der Waals surface area (Å²) in [4.78, 5) is 25.2. The molecule has 1 aromatic rings. The van der Waals surface area contributed by atoms with E-state index in [1.54, 1.807) is 6.07 Å². The van der Waals surface area contributed by atoms with Gasteiger partial charge in [-0.25, -0.2) is 0 Å². The van der Waals surface area contributed by atoms with Gasteiger partial charge in [-0.05, 0) is 32.3 Å². The number of carbonyl (C=O) groups excluding carboxylic acids is 2. The van der Waals surface area contributed by atoms with Crippen LogP contribution in [-0.2, 0) is 31.2 Å². The standard InChI is InChI=1S/C18H25NO4/c1-4-5-10-22-17(21)14-11-13-8-6-7-9-15(13)18(19,16(14)20)23-12(2)3/h6-9,12,14H,4-5,10-11,19H2,1-3H3. The van der Waals surface area contributed by atoms with E-state index in [9.17, 15) is 9.59 Å². The number of carbonyl (C=O) groups is 2.